The van der Waals surface area contributed by atoms with Gasteiger partial charge in [-0.05, 0) is 31.3 Å². The van der Waals surface area contributed by atoms with Crippen LogP contribution in [-0.4, -0.2) is 80.4 Å². The van der Waals surface area contributed by atoms with E-state index in [0.717, 1.165) is 13.1 Å². The summed E-state index contributed by atoms with van der Waals surface area (Å²) in [5, 5.41) is 4.12. The fraction of sp³-hybridized carbons (Fsp3) is 0.348. The molecule has 1 aromatic heterocycles. The molecule has 168 valence electrons. The van der Waals surface area contributed by atoms with Crippen LogP contribution in [0.25, 0.3) is 22.8 Å². The minimum atomic E-state index is -0.0405. The molecule has 3 aromatic rings. The van der Waals surface area contributed by atoms with Gasteiger partial charge in [0, 0.05) is 31.7 Å². The molecule has 1 fully saturated rings. The average molecular weight is 438 g/mol. The van der Waals surface area contributed by atoms with Gasteiger partial charge in [0.1, 0.15) is 0 Å². The SMILES string of the molecule is COc1cc(-c2noc(-c3ccccc3C(=O)N3CCN(C)CC3)n2)cc(OC)c1OC. The molecule has 2 heterocycles. The van der Waals surface area contributed by atoms with Gasteiger partial charge < -0.3 is 28.5 Å². The van der Waals surface area contributed by atoms with E-state index in [1.807, 2.05) is 23.1 Å². The first-order valence-corrected chi connectivity index (χ1v) is 10.3. The zero-order chi connectivity index (χ0) is 22.7. The number of carbonyl (C=O) groups is 1. The van der Waals surface area contributed by atoms with Crippen LogP contribution < -0.4 is 14.2 Å². The van der Waals surface area contributed by atoms with Crippen molar-refractivity contribution < 1.29 is 23.5 Å². The molecule has 32 heavy (non-hydrogen) atoms. The number of piperazine rings is 1. The molecule has 1 aliphatic rings. The van der Waals surface area contributed by atoms with Gasteiger partial charge in [-0.15, -0.1) is 0 Å². The number of hydrogen-bond donors (Lipinski definition) is 0. The maximum absolute atomic E-state index is 13.2. The van der Waals surface area contributed by atoms with Crippen molar-refractivity contribution in [3.63, 3.8) is 0 Å². The number of methoxy groups -OCH3 is 3. The summed E-state index contributed by atoms with van der Waals surface area (Å²) < 4.78 is 21.7. The van der Waals surface area contributed by atoms with Gasteiger partial charge in [0.2, 0.25) is 11.6 Å². The number of nitrogens with zero attached hydrogens (tertiary/aromatic N) is 4. The van der Waals surface area contributed by atoms with E-state index in [-0.39, 0.29) is 11.8 Å². The Morgan fingerprint density at radius 3 is 2.25 bits per heavy atom. The Morgan fingerprint density at radius 1 is 0.969 bits per heavy atom. The van der Waals surface area contributed by atoms with Crippen LogP contribution in [0.15, 0.2) is 40.9 Å². The standard InChI is InChI=1S/C23H26N4O5/c1-26-9-11-27(12-10-26)23(28)17-8-6-5-7-16(17)22-24-21(25-32-22)15-13-18(29-2)20(31-4)19(14-15)30-3/h5-8,13-14H,9-12H2,1-4H3. The van der Waals surface area contributed by atoms with Crippen molar-refractivity contribution in [1.29, 1.82) is 0 Å². The molecule has 9 nitrogen and oxygen atoms in total. The van der Waals surface area contributed by atoms with Gasteiger partial charge in [0.25, 0.3) is 11.8 Å². The lowest BCUT2D eigenvalue weighted by atomic mass is 10.1. The first-order valence-electron chi connectivity index (χ1n) is 10.3. The van der Waals surface area contributed by atoms with Crippen LogP contribution in [0.5, 0.6) is 17.2 Å². The molecule has 4 rings (SSSR count). The number of ether oxygens (including phenoxy) is 3. The predicted molar refractivity (Wildman–Crippen MR) is 118 cm³/mol. The van der Waals surface area contributed by atoms with Gasteiger partial charge in [-0.3, -0.25) is 4.79 Å². The number of likely N-dealkylation sites (N-methyl/N-ethyl adjacent to an activating group) is 1. The topological polar surface area (TPSA) is 90.2 Å². The highest BCUT2D eigenvalue weighted by Gasteiger charge is 2.25. The quantitative estimate of drug-likeness (QED) is 0.580. The Balaban J connectivity index is 1.67. The molecule has 0 aliphatic carbocycles. The largest absolute Gasteiger partial charge is 0.493 e. The van der Waals surface area contributed by atoms with Gasteiger partial charge in [0.15, 0.2) is 11.5 Å². The molecule has 0 unspecified atom stereocenters. The smallest absolute Gasteiger partial charge is 0.259 e. The first-order chi connectivity index (χ1) is 15.5. The second-order valence-electron chi connectivity index (χ2n) is 7.48. The van der Waals surface area contributed by atoms with Gasteiger partial charge in [-0.2, -0.15) is 4.98 Å². The van der Waals surface area contributed by atoms with Crippen molar-refractivity contribution in [3.05, 3.63) is 42.0 Å². The van der Waals surface area contributed by atoms with Crippen LogP contribution in [0.2, 0.25) is 0 Å². The van der Waals surface area contributed by atoms with E-state index in [2.05, 4.69) is 22.1 Å². The van der Waals surface area contributed by atoms with E-state index in [4.69, 9.17) is 18.7 Å². The van der Waals surface area contributed by atoms with E-state index in [1.165, 1.54) is 0 Å². The van der Waals surface area contributed by atoms with Crippen molar-refractivity contribution >= 4 is 5.91 Å². The summed E-state index contributed by atoms with van der Waals surface area (Å²) in [5.41, 5.74) is 1.78. The molecular formula is C23H26N4O5. The number of rotatable bonds is 6. The molecule has 1 amide bonds. The van der Waals surface area contributed by atoms with E-state index < -0.39 is 0 Å². The fourth-order valence-corrected chi connectivity index (χ4v) is 3.70. The molecule has 2 aromatic carbocycles. The van der Waals surface area contributed by atoms with Crippen molar-refractivity contribution in [2.24, 2.45) is 0 Å². The van der Waals surface area contributed by atoms with Crippen LogP contribution in [0, 0.1) is 0 Å². The van der Waals surface area contributed by atoms with Crippen molar-refractivity contribution in [2.75, 3.05) is 54.6 Å². The van der Waals surface area contributed by atoms with Crippen molar-refractivity contribution in [1.82, 2.24) is 19.9 Å². The highest BCUT2D eigenvalue weighted by Crippen LogP contribution is 2.41. The average Bonchev–Trinajstić information content (AvgIpc) is 3.33. The number of amides is 1. The minimum Gasteiger partial charge on any atom is -0.493 e. The Bertz CT molecular complexity index is 1080. The first kappa shape index (κ1) is 21.6. The third-order valence-corrected chi connectivity index (χ3v) is 5.53. The molecule has 0 saturated carbocycles. The zero-order valence-corrected chi connectivity index (χ0v) is 18.6. The summed E-state index contributed by atoms with van der Waals surface area (Å²) in [6, 6.07) is 10.8. The second kappa shape index (κ2) is 9.27. The lowest BCUT2D eigenvalue weighted by Gasteiger charge is -2.32. The number of benzene rings is 2. The van der Waals surface area contributed by atoms with Gasteiger partial charge in [-0.25, -0.2) is 0 Å². The van der Waals surface area contributed by atoms with Crippen molar-refractivity contribution in [2.45, 2.75) is 0 Å². The summed E-state index contributed by atoms with van der Waals surface area (Å²) in [6.45, 7) is 3.06. The highest BCUT2D eigenvalue weighted by molar-refractivity contribution is 6.00. The fourth-order valence-electron chi connectivity index (χ4n) is 3.70. The molecule has 0 spiro atoms. The van der Waals surface area contributed by atoms with E-state index in [0.29, 0.717) is 52.9 Å². The Kier molecular flexibility index (Phi) is 6.27. The van der Waals surface area contributed by atoms with E-state index >= 15 is 0 Å². The molecular weight excluding hydrogens is 412 g/mol. The Labute approximate surface area is 186 Å². The van der Waals surface area contributed by atoms with E-state index in [1.54, 1.807) is 39.5 Å². The Hall–Kier alpha value is -3.59. The van der Waals surface area contributed by atoms with Gasteiger partial charge >= 0.3 is 0 Å². The zero-order valence-electron chi connectivity index (χ0n) is 18.6. The third kappa shape index (κ3) is 4.11. The number of aromatic nitrogens is 2. The molecule has 0 radical (unpaired) electrons. The Morgan fingerprint density at radius 2 is 1.62 bits per heavy atom. The number of carbonyl (C=O) groups excluding carboxylic acids is 1. The highest BCUT2D eigenvalue weighted by atomic mass is 16.5. The lowest BCUT2D eigenvalue weighted by molar-refractivity contribution is 0.0664. The second-order valence-corrected chi connectivity index (χ2v) is 7.48. The summed E-state index contributed by atoms with van der Waals surface area (Å²) in [6.07, 6.45) is 0. The van der Waals surface area contributed by atoms with Crippen LogP contribution in [0.3, 0.4) is 0 Å². The normalized spacial score (nSPS) is 14.3. The van der Waals surface area contributed by atoms with Crippen LogP contribution in [0.4, 0.5) is 0 Å². The molecule has 0 N–H and O–H groups in total. The monoisotopic (exact) mass is 438 g/mol. The summed E-state index contributed by atoms with van der Waals surface area (Å²) in [7, 11) is 6.69. The lowest BCUT2D eigenvalue weighted by Crippen LogP contribution is -2.47. The van der Waals surface area contributed by atoms with Crippen LogP contribution >= 0.6 is 0 Å². The minimum absolute atomic E-state index is 0.0405. The summed E-state index contributed by atoms with van der Waals surface area (Å²) in [5.74, 6) is 2.03. The number of hydrogen-bond acceptors (Lipinski definition) is 8. The summed E-state index contributed by atoms with van der Waals surface area (Å²) >= 11 is 0. The van der Waals surface area contributed by atoms with Gasteiger partial charge in [-0.1, -0.05) is 17.3 Å². The third-order valence-electron chi connectivity index (χ3n) is 5.53. The van der Waals surface area contributed by atoms with Crippen molar-refractivity contribution in [3.8, 4) is 40.1 Å². The maximum atomic E-state index is 13.2. The van der Waals surface area contributed by atoms with E-state index in [9.17, 15) is 4.79 Å². The summed E-state index contributed by atoms with van der Waals surface area (Å²) in [4.78, 5) is 21.8. The maximum Gasteiger partial charge on any atom is 0.259 e. The molecule has 1 aliphatic heterocycles. The molecule has 9 heteroatoms. The van der Waals surface area contributed by atoms with Gasteiger partial charge in [0.05, 0.1) is 32.5 Å². The molecule has 0 bridgehead atoms. The molecule has 0 atom stereocenters. The van der Waals surface area contributed by atoms with Crippen LogP contribution in [-0.2, 0) is 0 Å². The predicted octanol–water partition coefficient (Wildman–Crippen LogP) is 2.82. The van der Waals surface area contributed by atoms with Crippen LogP contribution in [0.1, 0.15) is 10.4 Å². The molecule has 1 saturated heterocycles.